The van der Waals surface area contributed by atoms with Gasteiger partial charge in [0.25, 0.3) is 0 Å². The molecule has 0 aliphatic heterocycles. The van der Waals surface area contributed by atoms with Crippen LogP contribution in [-0.2, 0) is 25.0 Å². The van der Waals surface area contributed by atoms with Crippen molar-refractivity contribution in [1.29, 1.82) is 0 Å². The van der Waals surface area contributed by atoms with E-state index in [4.69, 9.17) is 13.8 Å². The van der Waals surface area contributed by atoms with Gasteiger partial charge in [0.1, 0.15) is 6.10 Å². The number of rotatable bonds is 11. The first-order valence-electron chi connectivity index (χ1n) is 7.36. The quantitative estimate of drug-likeness (QED) is 0.604. The lowest BCUT2D eigenvalue weighted by molar-refractivity contribution is -0.0356. The minimum atomic E-state index is -3.39. The number of hydrogen-bond donors (Lipinski definition) is 2. The van der Waals surface area contributed by atoms with Crippen LogP contribution in [0.4, 0.5) is 0 Å². The van der Waals surface area contributed by atoms with Crippen LogP contribution in [0, 0.1) is 0 Å². The Kier molecular flexibility index (Phi) is 8.86. The molecule has 0 fully saturated rings. The molecule has 0 spiro atoms. The van der Waals surface area contributed by atoms with Gasteiger partial charge in [-0.3, -0.25) is 4.57 Å². The van der Waals surface area contributed by atoms with E-state index in [2.05, 4.69) is 0 Å². The van der Waals surface area contributed by atoms with Crippen molar-refractivity contribution in [2.75, 3.05) is 26.0 Å². The van der Waals surface area contributed by atoms with Gasteiger partial charge in [-0.25, -0.2) is 0 Å². The molecule has 0 aliphatic rings. The van der Waals surface area contributed by atoms with Gasteiger partial charge >= 0.3 is 7.60 Å². The van der Waals surface area contributed by atoms with Gasteiger partial charge in [0.15, 0.2) is 0 Å². The van der Waals surface area contributed by atoms with Crippen molar-refractivity contribution in [2.45, 2.75) is 32.7 Å². The van der Waals surface area contributed by atoms with E-state index >= 15 is 0 Å². The molecule has 0 unspecified atom stereocenters. The molecule has 0 saturated carbocycles. The van der Waals surface area contributed by atoms with Crippen LogP contribution >= 0.6 is 7.60 Å². The molecule has 2 N–H and O–H groups in total. The third-order valence-electron chi connectivity index (χ3n) is 2.91. The fourth-order valence-corrected chi connectivity index (χ4v) is 3.64. The summed E-state index contributed by atoms with van der Waals surface area (Å²) >= 11 is 0. The molecule has 0 radical (unpaired) electrons. The molecule has 1 aromatic carbocycles. The van der Waals surface area contributed by atoms with Crippen LogP contribution in [0.1, 0.15) is 19.4 Å². The first-order chi connectivity index (χ1) is 10.5. The number of aliphatic hydroxyl groups is 2. The molecule has 7 heteroatoms. The predicted molar refractivity (Wildman–Crippen MR) is 83.8 cm³/mol. The first kappa shape index (κ1) is 19.3. The standard InChI is InChI=1S/C15H25O6P/c1-3-20-22(18,21-4-2)12-15(17)14(16)11-19-10-13-8-6-5-7-9-13/h5-9,14-17H,3-4,10-12H2,1-2H3/t14-,15+/m0/s1. The normalized spacial score (nSPS) is 14.7. The summed E-state index contributed by atoms with van der Waals surface area (Å²) in [5, 5.41) is 19.8. The van der Waals surface area contributed by atoms with Crippen LogP contribution in [0.15, 0.2) is 30.3 Å². The van der Waals surface area contributed by atoms with Crippen molar-refractivity contribution < 1.29 is 28.6 Å². The lowest BCUT2D eigenvalue weighted by Gasteiger charge is -2.23. The zero-order valence-corrected chi connectivity index (χ0v) is 13.9. The van der Waals surface area contributed by atoms with Crippen LogP contribution in [0.2, 0.25) is 0 Å². The Morgan fingerprint density at radius 2 is 1.64 bits per heavy atom. The van der Waals surface area contributed by atoms with E-state index in [1.165, 1.54) is 0 Å². The molecule has 0 aliphatic carbocycles. The molecule has 0 heterocycles. The highest BCUT2D eigenvalue weighted by Gasteiger charge is 2.31. The number of ether oxygens (including phenoxy) is 1. The van der Waals surface area contributed by atoms with Gasteiger partial charge in [0.05, 0.1) is 38.7 Å². The van der Waals surface area contributed by atoms with Crippen molar-refractivity contribution in [1.82, 2.24) is 0 Å². The van der Waals surface area contributed by atoms with E-state index in [0.717, 1.165) is 5.56 Å². The number of hydrogen-bond acceptors (Lipinski definition) is 6. The molecule has 1 aromatic rings. The summed E-state index contributed by atoms with van der Waals surface area (Å²) in [6.45, 7) is 4.08. The van der Waals surface area contributed by atoms with Crippen molar-refractivity contribution in [3.05, 3.63) is 35.9 Å². The maximum absolute atomic E-state index is 12.3. The molecule has 22 heavy (non-hydrogen) atoms. The minimum Gasteiger partial charge on any atom is -0.390 e. The highest BCUT2D eigenvalue weighted by Crippen LogP contribution is 2.48. The third-order valence-corrected chi connectivity index (χ3v) is 5.03. The van der Waals surface area contributed by atoms with E-state index in [9.17, 15) is 14.8 Å². The molecule has 126 valence electrons. The second kappa shape index (κ2) is 10.1. The van der Waals surface area contributed by atoms with Crippen LogP contribution in [0.5, 0.6) is 0 Å². The molecule has 0 amide bonds. The van der Waals surface area contributed by atoms with Gasteiger partial charge in [0.2, 0.25) is 0 Å². The summed E-state index contributed by atoms with van der Waals surface area (Å²) < 4.78 is 27.8. The SMILES string of the molecule is CCOP(=O)(C[C@@H](O)[C@@H](O)COCc1ccccc1)OCC. The van der Waals surface area contributed by atoms with Gasteiger partial charge in [0, 0.05) is 0 Å². The maximum atomic E-state index is 12.3. The Balaban J connectivity index is 2.40. The fraction of sp³-hybridized carbons (Fsp3) is 0.600. The third kappa shape index (κ3) is 7.01. The first-order valence-corrected chi connectivity index (χ1v) is 9.09. The van der Waals surface area contributed by atoms with Gasteiger partial charge in [-0.2, -0.15) is 0 Å². The van der Waals surface area contributed by atoms with Crippen molar-refractivity contribution >= 4 is 7.60 Å². The minimum absolute atomic E-state index is 0.0612. The summed E-state index contributed by atoms with van der Waals surface area (Å²) in [5.74, 6) is 0. The second-order valence-electron chi connectivity index (χ2n) is 4.76. The maximum Gasteiger partial charge on any atom is 0.333 e. The Hall–Kier alpha value is -0.750. The fourth-order valence-electron chi connectivity index (χ4n) is 1.87. The zero-order valence-electron chi connectivity index (χ0n) is 13.1. The lowest BCUT2D eigenvalue weighted by atomic mass is 10.2. The van der Waals surface area contributed by atoms with E-state index < -0.39 is 19.8 Å². The Bertz CT molecular complexity index is 443. The van der Waals surface area contributed by atoms with Crippen LogP contribution in [0.3, 0.4) is 0 Å². The summed E-state index contributed by atoms with van der Waals surface area (Å²) in [6.07, 6.45) is -2.65. The average molecular weight is 332 g/mol. The van der Waals surface area contributed by atoms with Crippen LogP contribution in [0.25, 0.3) is 0 Å². The van der Waals surface area contributed by atoms with E-state index in [0.29, 0.717) is 6.61 Å². The zero-order chi connectivity index (χ0) is 16.4. The summed E-state index contributed by atoms with van der Waals surface area (Å²) in [6, 6.07) is 9.50. The van der Waals surface area contributed by atoms with Gasteiger partial charge < -0.3 is 24.0 Å². The average Bonchev–Trinajstić information content (AvgIpc) is 2.48. The van der Waals surface area contributed by atoms with E-state index in [1.54, 1.807) is 13.8 Å². The van der Waals surface area contributed by atoms with E-state index in [-0.39, 0.29) is 26.0 Å². The molecule has 0 aromatic heterocycles. The van der Waals surface area contributed by atoms with Crippen molar-refractivity contribution in [3.8, 4) is 0 Å². The molecular weight excluding hydrogens is 307 g/mol. The monoisotopic (exact) mass is 332 g/mol. The van der Waals surface area contributed by atoms with Gasteiger partial charge in [-0.05, 0) is 19.4 Å². The molecule has 0 saturated heterocycles. The van der Waals surface area contributed by atoms with Gasteiger partial charge in [-0.1, -0.05) is 30.3 Å². The van der Waals surface area contributed by atoms with Crippen molar-refractivity contribution in [3.63, 3.8) is 0 Å². The van der Waals surface area contributed by atoms with Crippen molar-refractivity contribution in [2.24, 2.45) is 0 Å². The molecule has 6 nitrogen and oxygen atoms in total. The van der Waals surface area contributed by atoms with Crippen LogP contribution in [-0.4, -0.2) is 48.4 Å². The van der Waals surface area contributed by atoms with E-state index in [1.807, 2.05) is 30.3 Å². The predicted octanol–water partition coefficient (Wildman–Crippen LogP) is 2.19. The second-order valence-corrected chi connectivity index (χ2v) is 6.87. The lowest BCUT2D eigenvalue weighted by Crippen LogP contribution is -2.33. The number of benzene rings is 1. The summed E-state index contributed by atoms with van der Waals surface area (Å²) in [4.78, 5) is 0. The topological polar surface area (TPSA) is 85.2 Å². The highest BCUT2D eigenvalue weighted by atomic mass is 31.2. The molecule has 1 rings (SSSR count). The Labute approximate surface area is 131 Å². The molecular formula is C15H25O6P. The van der Waals surface area contributed by atoms with Crippen LogP contribution < -0.4 is 0 Å². The van der Waals surface area contributed by atoms with Gasteiger partial charge in [-0.15, -0.1) is 0 Å². The number of aliphatic hydroxyl groups excluding tert-OH is 2. The molecule has 2 atom stereocenters. The smallest absolute Gasteiger partial charge is 0.333 e. The highest BCUT2D eigenvalue weighted by molar-refractivity contribution is 7.53. The molecule has 0 bridgehead atoms. The Morgan fingerprint density at radius 1 is 1.05 bits per heavy atom. The summed E-state index contributed by atoms with van der Waals surface area (Å²) in [7, 11) is -3.39. The largest absolute Gasteiger partial charge is 0.390 e. The Morgan fingerprint density at radius 3 is 2.18 bits per heavy atom. The summed E-state index contributed by atoms with van der Waals surface area (Å²) in [5.41, 5.74) is 0.971.